The Morgan fingerprint density at radius 3 is 1.38 bits per heavy atom. The normalized spacial score (nSPS) is 12.8. The molecule has 0 saturated heterocycles. The molecule has 1 aromatic rings. The van der Waals surface area contributed by atoms with Gasteiger partial charge in [-0.1, -0.05) is 71.9 Å². The maximum atomic E-state index is 2.35. The molecule has 0 spiro atoms. The van der Waals surface area contributed by atoms with Crippen molar-refractivity contribution in [1.29, 1.82) is 0 Å². The molecule has 90 valence electrons. The Morgan fingerprint density at radius 1 is 0.688 bits per heavy atom. The van der Waals surface area contributed by atoms with Crippen LogP contribution in [0.5, 0.6) is 0 Å². The summed E-state index contributed by atoms with van der Waals surface area (Å²) < 4.78 is 0. The van der Waals surface area contributed by atoms with Gasteiger partial charge in [0.05, 0.1) is 0 Å². The van der Waals surface area contributed by atoms with Gasteiger partial charge in [-0.05, 0) is 23.3 Å². The van der Waals surface area contributed by atoms with Gasteiger partial charge in [-0.25, -0.2) is 0 Å². The van der Waals surface area contributed by atoms with Gasteiger partial charge >= 0.3 is 0 Å². The molecule has 0 aliphatic heterocycles. The minimum Gasteiger partial charge on any atom is -0.0622 e. The van der Waals surface area contributed by atoms with E-state index in [0.717, 1.165) is 0 Å². The fraction of sp³-hybridized carbons (Fsp3) is 0.625. The van der Waals surface area contributed by atoms with Crippen molar-refractivity contribution in [2.75, 3.05) is 0 Å². The van der Waals surface area contributed by atoms with Crippen molar-refractivity contribution in [2.24, 2.45) is 17.8 Å². The quantitative estimate of drug-likeness (QED) is 0.675. The largest absolute Gasteiger partial charge is 0.0622 e. The van der Waals surface area contributed by atoms with Crippen LogP contribution in [0.1, 0.15) is 47.1 Å². The first-order valence-electron chi connectivity index (χ1n) is 6.49. The summed E-state index contributed by atoms with van der Waals surface area (Å²) in [5.41, 5.74) is 1.79. The Balaban J connectivity index is 3.34. The lowest BCUT2D eigenvalue weighted by Gasteiger charge is -2.46. The summed E-state index contributed by atoms with van der Waals surface area (Å²) >= 11 is 0. The predicted molar refractivity (Wildman–Crippen MR) is 72.6 cm³/mol. The molecule has 0 atom stereocenters. The second-order valence-corrected chi connectivity index (χ2v) is 5.76. The molecule has 0 N–H and O–H groups in total. The topological polar surface area (TPSA) is 0 Å². The minimum atomic E-state index is 0.293. The van der Waals surface area contributed by atoms with Gasteiger partial charge in [0, 0.05) is 5.41 Å². The second kappa shape index (κ2) is 5.03. The fourth-order valence-electron chi connectivity index (χ4n) is 3.73. The Bertz CT molecular complexity index is 284. The zero-order chi connectivity index (χ0) is 12.3. The highest BCUT2D eigenvalue weighted by Crippen LogP contribution is 2.45. The number of hydrogen-bond acceptors (Lipinski definition) is 0. The van der Waals surface area contributed by atoms with Gasteiger partial charge in [0.1, 0.15) is 0 Å². The average molecular weight is 218 g/mol. The van der Waals surface area contributed by atoms with Gasteiger partial charge in [-0.3, -0.25) is 0 Å². The zero-order valence-corrected chi connectivity index (χ0v) is 11.6. The van der Waals surface area contributed by atoms with E-state index in [-0.39, 0.29) is 0 Å². The predicted octanol–water partition coefficient (Wildman–Crippen LogP) is 4.89. The summed E-state index contributed by atoms with van der Waals surface area (Å²) in [4.78, 5) is 0. The highest BCUT2D eigenvalue weighted by molar-refractivity contribution is 5.28. The van der Waals surface area contributed by atoms with E-state index in [2.05, 4.69) is 71.9 Å². The van der Waals surface area contributed by atoms with Crippen LogP contribution in [0.4, 0.5) is 0 Å². The van der Waals surface area contributed by atoms with Gasteiger partial charge in [0.15, 0.2) is 0 Å². The van der Waals surface area contributed by atoms with Gasteiger partial charge in [-0.15, -0.1) is 0 Å². The monoisotopic (exact) mass is 218 g/mol. The third-order valence-electron chi connectivity index (χ3n) is 4.14. The average Bonchev–Trinajstić information content (AvgIpc) is 2.18. The van der Waals surface area contributed by atoms with E-state index in [9.17, 15) is 0 Å². The molecule has 16 heavy (non-hydrogen) atoms. The van der Waals surface area contributed by atoms with Crippen molar-refractivity contribution in [3.05, 3.63) is 35.9 Å². The summed E-state index contributed by atoms with van der Waals surface area (Å²) in [6.45, 7) is 14.1. The number of rotatable bonds is 4. The van der Waals surface area contributed by atoms with E-state index in [0.29, 0.717) is 23.2 Å². The number of benzene rings is 1. The van der Waals surface area contributed by atoms with Crippen molar-refractivity contribution in [3.63, 3.8) is 0 Å². The van der Waals surface area contributed by atoms with Crippen LogP contribution in [-0.4, -0.2) is 0 Å². The van der Waals surface area contributed by atoms with Crippen molar-refractivity contribution in [2.45, 2.75) is 47.0 Å². The maximum absolute atomic E-state index is 2.35. The summed E-state index contributed by atoms with van der Waals surface area (Å²) in [6, 6.07) is 11.0. The molecule has 0 nitrogen and oxygen atoms in total. The Kier molecular flexibility index (Phi) is 4.18. The highest BCUT2D eigenvalue weighted by atomic mass is 14.4. The van der Waals surface area contributed by atoms with E-state index in [1.807, 2.05) is 0 Å². The SMILES string of the molecule is CC(C)C(c1ccccc1)(C(C)C)C(C)C. The minimum absolute atomic E-state index is 0.293. The van der Waals surface area contributed by atoms with Crippen LogP contribution in [0.15, 0.2) is 30.3 Å². The summed E-state index contributed by atoms with van der Waals surface area (Å²) in [5, 5.41) is 0. The lowest BCUT2D eigenvalue weighted by Crippen LogP contribution is -2.42. The third-order valence-corrected chi connectivity index (χ3v) is 4.14. The molecule has 0 aliphatic rings. The molecule has 0 heteroatoms. The second-order valence-electron chi connectivity index (χ2n) is 5.76. The molecule has 1 aromatic carbocycles. The van der Waals surface area contributed by atoms with Gasteiger partial charge < -0.3 is 0 Å². The Labute approximate surface area is 101 Å². The summed E-state index contributed by atoms with van der Waals surface area (Å²) in [5.74, 6) is 1.99. The van der Waals surface area contributed by atoms with Gasteiger partial charge in [0.2, 0.25) is 0 Å². The van der Waals surface area contributed by atoms with Gasteiger partial charge in [0.25, 0.3) is 0 Å². The molecule has 0 aliphatic carbocycles. The van der Waals surface area contributed by atoms with Crippen LogP contribution < -0.4 is 0 Å². The van der Waals surface area contributed by atoms with E-state index < -0.39 is 0 Å². The zero-order valence-electron chi connectivity index (χ0n) is 11.6. The maximum Gasteiger partial charge on any atom is 0.00219 e. The molecule has 0 fully saturated rings. The van der Waals surface area contributed by atoms with Crippen LogP contribution in [0.2, 0.25) is 0 Å². The van der Waals surface area contributed by atoms with Crippen molar-refractivity contribution in [3.8, 4) is 0 Å². The van der Waals surface area contributed by atoms with E-state index in [1.165, 1.54) is 5.56 Å². The van der Waals surface area contributed by atoms with E-state index in [4.69, 9.17) is 0 Å². The molecule has 0 aromatic heterocycles. The first-order valence-corrected chi connectivity index (χ1v) is 6.49. The molecule has 0 saturated carbocycles. The Hall–Kier alpha value is -0.780. The van der Waals surface area contributed by atoms with Crippen LogP contribution in [-0.2, 0) is 5.41 Å². The standard InChI is InChI=1S/C16H26/c1-12(2)16(13(3)4,14(5)6)15-10-8-7-9-11-15/h7-14H,1-6H3. The lowest BCUT2D eigenvalue weighted by atomic mass is 9.58. The van der Waals surface area contributed by atoms with Crippen molar-refractivity contribution < 1.29 is 0 Å². The third kappa shape index (κ3) is 2.03. The molecule has 0 bridgehead atoms. The first kappa shape index (κ1) is 13.3. The molecule has 0 amide bonds. The molecular weight excluding hydrogens is 192 g/mol. The first-order chi connectivity index (χ1) is 7.44. The van der Waals surface area contributed by atoms with Crippen molar-refractivity contribution >= 4 is 0 Å². The highest BCUT2D eigenvalue weighted by Gasteiger charge is 2.41. The molecule has 0 unspecified atom stereocenters. The van der Waals surface area contributed by atoms with E-state index >= 15 is 0 Å². The van der Waals surface area contributed by atoms with Crippen molar-refractivity contribution in [1.82, 2.24) is 0 Å². The summed E-state index contributed by atoms with van der Waals surface area (Å²) in [7, 11) is 0. The van der Waals surface area contributed by atoms with Gasteiger partial charge in [-0.2, -0.15) is 0 Å². The van der Waals surface area contributed by atoms with Crippen LogP contribution in [0.25, 0.3) is 0 Å². The van der Waals surface area contributed by atoms with E-state index in [1.54, 1.807) is 0 Å². The molecule has 0 radical (unpaired) electrons. The molecule has 1 rings (SSSR count). The Morgan fingerprint density at radius 2 is 1.06 bits per heavy atom. The van der Waals surface area contributed by atoms with Crippen LogP contribution >= 0.6 is 0 Å². The summed E-state index contributed by atoms with van der Waals surface area (Å²) in [6.07, 6.45) is 0. The van der Waals surface area contributed by atoms with Crippen LogP contribution in [0, 0.1) is 17.8 Å². The fourth-order valence-corrected chi connectivity index (χ4v) is 3.73. The molecular formula is C16H26. The molecule has 0 heterocycles. The van der Waals surface area contributed by atoms with Crippen LogP contribution in [0.3, 0.4) is 0 Å². The lowest BCUT2D eigenvalue weighted by molar-refractivity contribution is 0.148. The number of hydrogen-bond donors (Lipinski definition) is 0. The smallest absolute Gasteiger partial charge is 0.00219 e.